The Labute approximate surface area is 194 Å². The number of nitrogens with zero attached hydrogens (tertiary/aromatic N) is 3. The maximum absolute atomic E-state index is 5.49. The van der Waals surface area contributed by atoms with Gasteiger partial charge in [0.05, 0.1) is 23.2 Å². The van der Waals surface area contributed by atoms with E-state index in [1.54, 1.807) is 11.3 Å². The molecule has 4 heteroatoms. The Balaban J connectivity index is 1.38. The number of aliphatic imine (C=N–C) groups is 2. The molecule has 1 spiro atoms. The number of hydrogen-bond donors (Lipinski definition) is 1. The van der Waals surface area contributed by atoms with E-state index in [1.807, 2.05) is 0 Å². The highest BCUT2D eigenvalue weighted by Crippen LogP contribution is 2.55. The molecular weight excluding hydrogens is 392 g/mol. The molecule has 0 aromatic heterocycles. The summed E-state index contributed by atoms with van der Waals surface area (Å²) in [6.07, 6.45) is 20.8. The van der Waals surface area contributed by atoms with E-state index >= 15 is 0 Å². The predicted molar refractivity (Wildman–Crippen MR) is 133 cm³/mol. The molecule has 172 valence electrons. The van der Waals surface area contributed by atoms with Gasteiger partial charge in [-0.05, 0) is 110 Å². The molecule has 0 aromatic carbocycles. The van der Waals surface area contributed by atoms with Gasteiger partial charge in [-0.3, -0.25) is 9.98 Å². The average Bonchev–Trinajstić information content (AvgIpc) is 3.03. The molecule has 2 fully saturated rings. The van der Waals surface area contributed by atoms with E-state index in [-0.39, 0.29) is 16.7 Å². The fourth-order valence-corrected chi connectivity index (χ4v) is 7.94. The standard InChI is InChI=1S/C28H40N4/c1-26(2)17-22(18-27(3,4)31-26)29-21-12-13-23-25(16-21)32-24-11-6-5-9-19(24)15-20-10-7-8-14-28(20,32)30-23/h12-13,16,20,22,31H,5-11,14-15,17-18H2,1-4H3/t20-,28+/m1/s1. The molecule has 6 rings (SSSR count). The van der Waals surface area contributed by atoms with Gasteiger partial charge < -0.3 is 10.2 Å². The van der Waals surface area contributed by atoms with Gasteiger partial charge >= 0.3 is 0 Å². The zero-order valence-electron chi connectivity index (χ0n) is 20.5. The van der Waals surface area contributed by atoms with Crippen LogP contribution in [0.15, 0.2) is 45.2 Å². The Bertz CT molecular complexity index is 959. The molecule has 1 N–H and O–H groups in total. The number of allylic oxidation sites excluding steroid dienone is 5. The first-order valence-corrected chi connectivity index (χ1v) is 13.1. The summed E-state index contributed by atoms with van der Waals surface area (Å²) in [5, 5.41) is 3.80. The second kappa shape index (κ2) is 7.16. The lowest BCUT2D eigenvalue weighted by molar-refractivity contribution is 0.0498. The third-order valence-corrected chi connectivity index (χ3v) is 8.72. The molecule has 3 aliphatic heterocycles. The van der Waals surface area contributed by atoms with Gasteiger partial charge in [0.1, 0.15) is 5.66 Å². The lowest BCUT2D eigenvalue weighted by Gasteiger charge is -2.52. The zero-order chi connectivity index (χ0) is 22.1. The molecule has 1 saturated carbocycles. The van der Waals surface area contributed by atoms with Crippen molar-refractivity contribution < 1.29 is 0 Å². The van der Waals surface area contributed by atoms with Crippen LogP contribution in [-0.2, 0) is 0 Å². The maximum Gasteiger partial charge on any atom is 0.139 e. The fourth-order valence-electron chi connectivity index (χ4n) is 7.94. The molecule has 1 saturated heterocycles. The number of nitrogens with one attached hydrogen (secondary N) is 1. The summed E-state index contributed by atoms with van der Waals surface area (Å²) in [7, 11) is 0. The number of hydrogen-bond acceptors (Lipinski definition) is 4. The van der Waals surface area contributed by atoms with Crippen molar-refractivity contribution in [1.29, 1.82) is 0 Å². The molecule has 32 heavy (non-hydrogen) atoms. The smallest absolute Gasteiger partial charge is 0.139 e. The topological polar surface area (TPSA) is 40.0 Å². The van der Waals surface area contributed by atoms with Gasteiger partial charge in [0.15, 0.2) is 0 Å². The van der Waals surface area contributed by atoms with E-state index in [4.69, 9.17) is 9.98 Å². The summed E-state index contributed by atoms with van der Waals surface area (Å²) in [6, 6.07) is 0.361. The van der Waals surface area contributed by atoms with Crippen molar-refractivity contribution in [2.45, 2.75) is 121 Å². The van der Waals surface area contributed by atoms with E-state index in [2.05, 4.69) is 56.1 Å². The SMILES string of the molecule is CC1(C)CC(N=C2C=CC3=N[C@]45CCCC[C@@H]4CC4=C(CCCC4)N5C3=C2)CC(C)(C)N1. The molecule has 0 bridgehead atoms. The first kappa shape index (κ1) is 20.9. The van der Waals surface area contributed by atoms with Gasteiger partial charge in [-0.1, -0.05) is 12.0 Å². The van der Waals surface area contributed by atoms with Gasteiger partial charge in [-0.25, -0.2) is 0 Å². The average molecular weight is 433 g/mol. The molecule has 3 heterocycles. The number of rotatable bonds is 1. The van der Waals surface area contributed by atoms with Crippen molar-refractivity contribution in [3.05, 3.63) is 35.2 Å². The van der Waals surface area contributed by atoms with Crippen molar-refractivity contribution in [1.82, 2.24) is 10.2 Å². The minimum Gasteiger partial charge on any atom is -0.318 e. The quantitative estimate of drug-likeness (QED) is 0.511. The number of fused-ring (bicyclic) bond motifs is 3. The van der Waals surface area contributed by atoms with E-state index in [9.17, 15) is 0 Å². The summed E-state index contributed by atoms with van der Waals surface area (Å²) in [4.78, 5) is 13.5. The van der Waals surface area contributed by atoms with Gasteiger partial charge in [-0.2, -0.15) is 0 Å². The summed E-state index contributed by atoms with van der Waals surface area (Å²) < 4.78 is 0. The third-order valence-electron chi connectivity index (χ3n) is 8.72. The van der Waals surface area contributed by atoms with Crippen molar-refractivity contribution >= 4 is 11.4 Å². The lowest BCUT2D eigenvalue weighted by atomic mass is 9.70. The minimum absolute atomic E-state index is 0.00583. The van der Waals surface area contributed by atoms with E-state index in [0.29, 0.717) is 12.0 Å². The summed E-state index contributed by atoms with van der Waals surface area (Å²) in [6.45, 7) is 9.26. The molecule has 0 radical (unpaired) electrons. The second-order valence-corrected chi connectivity index (χ2v) is 12.5. The van der Waals surface area contributed by atoms with E-state index in [1.165, 1.54) is 69.2 Å². The Morgan fingerprint density at radius 2 is 1.78 bits per heavy atom. The third kappa shape index (κ3) is 3.36. The highest BCUT2D eigenvalue weighted by atomic mass is 15.4. The van der Waals surface area contributed by atoms with Crippen LogP contribution in [0.1, 0.15) is 98.3 Å². The van der Waals surface area contributed by atoms with Crippen molar-refractivity contribution in [3.63, 3.8) is 0 Å². The molecule has 4 nitrogen and oxygen atoms in total. The lowest BCUT2D eigenvalue weighted by Crippen LogP contribution is -2.58. The van der Waals surface area contributed by atoms with Crippen molar-refractivity contribution in [2.75, 3.05) is 0 Å². The monoisotopic (exact) mass is 432 g/mol. The van der Waals surface area contributed by atoms with Crippen LogP contribution in [0, 0.1) is 5.92 Å². The van der Waals surface area contributed by atoms with Crippen LogP contribution in [0.5, 0.6) is 0 Å². The number of piperidine rings is 1. The fraction of sp³-hybridized carbons (Fsp3) is 0.714. The van der Waals surface area contributed by atoms with Crippen LogP contribution < -0.4 is 5.32 Å². The van der Waals surface area contributed by atoms with Gasteiger partial charge in [0.25, 0.3) is 0 Å². The van der Waals surface area contributed by atoms with Crippen molar-refractivity contribution in [2.24, 2.45) is 15.9 Å². The van der Waals surface area contributed by atoms with Gasteiger partial charge in [0.2, 0.25) is 0 Å². The second-order valence-electron chi connectivity index (χ2n) is 12.5. The molecular formula is C28H40N4. The van der Waals surface area contributed by atoms with Crippen LogP contribution in [-0.4, -0.2) is 39.1 Å². The Morgan fingerprint density at radius 1 is 1.00 bits per heavy atom. The summed E-state index contributed by atoms with van der Waals surface area (Å²) >= 11 is 0. The molecule has 0 unspecified atom stereocenters. The van der Waals surface area contributed by atoms with Crippen LogP contribution in [0.25, 0.3) is 0 Å². The van der Waals surface area contributed by atoms with E-state index in [0.717, 1.165) is 18.6 Å². The molecule has 6 aliphatic rings. The van der Waals surface area contributed by atoms with Crippen molar-refractivity contribution in [3.8, 4) is 0 Å². The van der Waals surface area contributed by atoms with Crippen LogP contribution in [0.2, 0.25) is 0 Å². The van der Waals surface area contributed by atoms with Gasteiger partial charge in [-0.15, -0.1) is 0 Å². The van der Waals surface area contributed by atoms with Gasteiger partial charge in [0, 0.05) is 22.7 Å². The maximum atomic E-state index is 5.49. The first-order valence-electron chi connectivity index (χ1n) is 13.1. The Morgan fingerprint density at radius 3 is 2.59 bits per heavy atom. The summed E-state index contributed by atoms with van der Waals surface area (Å²) in [5.41, 5.74) is 7.30. The highest BCUT2D eigenvalue weighted by molar-refractivity contribution is 6.22. The predicted octanol–water partition coefficient (Wildman–Crippen LogP) is 6.07. The zero-order valence-corrected chi connectivity index (χ0v) is 20.5. The molecule has 0 amide bonds. The minimum atomic E-state index is -0.00583. The largest absolute Gasteiger partial charge is 0.318 e. The normalized spacial score (nSPS) is 36.8. The summed E-state index contributed by atoms with van der Waals surface area (Å²) in [5.74, 6) is 0.687. The Hall–Kier alpha value is -1.68. The van der Waals surface area contributed by atoms with Crippen LogP contribution >= 0.6 is 0 Å². The molecule has 0 aromatic rings. The first-order chi connectivity index (χ1) is 15.2. The Kier molecular flexibility index (Phi) is 4.67. The highest BCUT2D eigenvalue weighted by Gasteiger charge is 2.55. The molecule has 2 atom stereocenters. The van der Waals surface area contributed by atoms with Crippen LogP contribution in [0.3, 0.4) is 0 Å². The van der Waals surface area contributed by atoms with E-state index < -0.39 is 0 Å². The van der Waals surface area contributed by atoms with Crippen LogP contribution in [0.4, 0.5) is 0 Å². The molecule has 3 aliphatic carbocycles.